The molecular weight excluding hydrogens is 367 g/mol. The molecule has 0 radical (unpaired) electrons. The fourth-order valence-corrected chi connectivity index (χ4v) is 2.84. The Hall–Kier alpha value is -2.40. The first-order valence-electron chi connectivity index (χ1n) is 8.54. The highest BCUT2D eigenvalue weighted by Gasteiger charge is 2.43. The third-order valence-corrected chi connectivity index (χ3v) is 4.23. The van der Waals surface area contributed by atoms with Crippen LogP contribution in [0.5, 0.6) is 0 Å². The molecular formula is C16H22F3N5O3. The van der Waals surface area contributed by atoms with E-state index in [2.05, 4.69) is 16.0 Å². The molecule has 1 heterocycles. The number of nitrogens with zero attached hydrogens (tertiary/aromatic N) is 2. The van der Waals surface area contributed by atoms with E-state index in [0.717, 1.165) is 0 Å². The van der Waals surface area contributed by atoms with Gasteiger partial charge in [0.1, 0.15) is 11.7 Å². The number of rotatable bonds is 8. The fraction of sp³-hybridized carbons (Fsp3) is 0.562. The Morgan fingerprint density at radius 3 is 2.59 bits per heavy atom. The summed E-state index contributed by atoms with van der Waals surface area (Å²) in [5.74, 6) is -0.550. The molecule has 0 saturated carbocycles. The molecule has 11 heteroatoms. The van der Waals surface area contributed by atoms with Gasteiger partial charge in [-0.15, -0.1) is 0 Å². The second kappa shape index (κ2) is 9.51. The van der Waals surface area contributed by atoms with E-state index in [1.165, 1.54) is 23.1 Å². The predicted molar refractivity (Wildman–Crippen MR) is 93.5 cm³/mol. The molecule has 0 aliphatic carbocycles. The average molecular weight is 389 g/mol. The molecule has 1 amide bonds. The highest BCUT2D eigenvalue weighted by Crippen LogP contribution is 2.25. The summed E-state index contributed by atoms with van der Waals surface area (Å²) < 4.78 is 39.8. The number of amides is 1. The lowest BCUT2D eigenvalue weighted by molar-refractivity contribution is -0.384. The molecule has 1 aliphatic heterocycles. The van der Waals surface area contributed by atoms with Crippen LogP contribution in [0.1, 0.15) is 6.42 Å². The minimum Gasteiger partial charge on any atom is -0.379 e. The number of alkyl halides is 3. The first-order valence-corrected chi connectivity index (χ1v) is 8.54. The number of nitro benzene ring substituents is 1. The van der Waals surface area contributed by atoms with Gasteiger partial charge >= 0.3 is 6.18 Å². The van der Waals surface area contributed by atoms with E-state index < -0.39 is 29.6 Å². The van der Waals surface area contributed by atoms with Crippen LogP contribution >= 0.6 is 0 Å². The molecule has 1 fully saturated rings. The maximum atomic E-state index is 13.3. The van der Waals surface area contributed by atoms with Crippen molar-refractivity contribution in [2.45, 2.75) is 18.6 Å². The smallest absolute Gasteiger partial charge is 0.379 e. The van der Waals surface area contributed by atoms with Crippen molar-refractivity contribution in [1.82, 2.24) is 15.5 Å². The van der Waals surface area contributed by atoms with Crippen molar-refractivity contribution in [3.05, 3.63) is 34.4 Å². The summed E-state index contributed by atoms with van der Waals surface area (Å²) in [5.41, 5.74) is 0.123. The molecule has 8 nitrogen and oxygen atoms in total. The fourth-order valence-electron chi connectivity index (χ4n) is 2.84. The Morgan fingerprint density at radius 2 is 1.96 bits per heavy atom. The van der Waals surface area contributed by atoms with E-state index in [0.29, 0.717) is 13.1 Å². The van der Waals surface area contributed by atoms with Gasteiger partial charge in [0.2, 0.25) is 5.91 Å². The van der Waals surface area contributed by atoms with Gasteiger partial charge in [-0.25, -0.2) is 0 Å². The maximum Gasteiger partial charge on any atom is 0.405 e. The molecule has 2 rings (SSSR count). The third-order valence-electron chi connectivity index (χ3n) is 4.23. The number of benzene rings is 1. The van der Waals surface area contributed by atoms with Gasteiger partial charge in [0.05, 0.1) is 4.92 Å². The van der Waals surface area contributed by atoms with Crippen molar-refractivity contribution in [1.29, 1.82) is 0 Å². The van der Waals surface area contributed by atoms with Gasteiger partial charge in [0.25, 0.3) is 5.69 Å². The maximum absolute atomic E-state index is 13.3. The lowest BCUT2D eigenvalue weighted by Crippen LogP contribution is -2.57. The average Bonchev–Trinajstić information content (AvgIpc) is 2.62. The Balaban J connectivity index is 1.81. The molecule has 0 bridgehead atoms. The van der Waals surface area contributed by atoms with E-state index in [9.17, 15) is 28.1 Å². The van der Waals surface area contributed by atoms with Crippen LogP contribution in [0.3, 0.4) is 0 Å². The first kappa shape index (κ1) is 20.9. The number of piperazine rings is 1. The quantitative estimate of drug-likeness (QED) is 0.459. The molecule has 150 valence electrons. The van der Waals surface area contributed by atoms with Crippen LogP contribution in [0.15, 0.2) is 24.3 Å². The number of halogens is 3. The number of carbonyl (C=O) groups is 1. The zero-order chi connectivity index (χ0) is 19.9. The van der Waals surface area contributed by atoms with Crippen LogP contribution in [0.2, 0.25) is 0 Å². The van der Waals surface area contributed by atoms with Gasteiger partial charge < -0.3 is 16.0 Å². The summed E-state index contributed by atoms with van der Waals surface area (Å²) >= 11 is 0. The highest BCUT2D eigenvalue weighted by atomic mass is 19.4. The van der Waals surface area contributed by atoms with Crippen molar-refractivity contribution >= 4 is 17.3 Å². The number of para-hydroxylation sites is 2. The van der Waals surface area contributed by atoms with Crippen molar-refractivity contribution in [2.24, 2.45) is 0 Å². The van der Waals surface area contributed by atoms with E-state index in [-0.39, 0.29) is 37.4 Å². The lowest BCUT2D eigenvalue weighted by atomic mass is 10.2. The highest BCUT2D eigenvalue weighted by molar-refractivity contribution is 5.76. The van der Waals surface area contributed by atoms with Crippen molar-refractivity contribution in [3.8, 4) is 0 Å². The van der Waals surface area contributed by atoms with Gasteiger partial charge in [0.15, 0.2) is 0 Å². The SMILES string of the molecule is O=C(CCNc1ccccc1[N+](=O)[O-])NCC(N1CCNCC1)C(F)(F)F. The van der Waals surface area contributed by atoms with Gasteiger partial charge in [-0.2, -0.15) is 13.2 Å². The van der Waals surface area contributed by atoms with Gasteiger partial charge in [-0.3, -0.25) is 19.8 Å². The largest absolute Gasteiger partial charge is 0.405 e. The van der Waals surface area contributed by atoms with Crippen LogP contribution in [-0.2, 0) is 4.79 Å². The molecule has 3 N–H and O–H groups in total. The number of hydrogen-bond donors (Lipinski definition) is 3. The first-order chi connectivity index (χ1) is 12.8. The van der Waals surface area contributed by atoms with Crippen molar-refractivity contribution in [2.75, 3.05) is 44.6 Å². The third kappa shape index (κ3) is 6.36. The number of anilines is 1. The van der Waals surface area contributed by atoms with E-state index in [1.807, 2.05) is 0 Å². The Labute approximate surface area is 154 Å². The summed E-state index contributed by atoms with van der Waals surface area (Å²) in [5, 5.41) is 19.0. The monoisotopic (exact) mass is 389 g/mol. The molecule has 1 aromatic rings. The van der Waals surface area contributed by atoms with Crippen LogP contribution in [0.25, 0.3) is 0 Å². The van der Waals surface area contributed by atoms with Crippen LogP contribution in [-0.4, -0.2) is 67.2 Å². The van der Waals surface area contributed by atoms with Crippen molar-refractivity contribution in [3.63, 3.8) is 0 Å². The number of nitro groups is 1. The summed E-state index contributed by atoms with van der Waals surface area (Å²) in [6, 6.07) is 4.22. The Bertz CT molecular complexity index is 650. The zero-order valence-corrected chi connectivity index (χ0v) is 14.6. The van der Waals surface area contributed by atoms with Crippen LogP contribution in [0.4, 0.5) is 24.5 Å². The van der Waals surface area contributed by atoms with Crippen molar-refractivity contribution < 1.29 is 22.9 Å². The summed E-state index contributed by atoms with van der Waals surface area (Å²) in [7, 11) is 0. The second-order valence-electron chi connectivity index (χ2n) is 6.10. The standard InChI is InChI=1S/C16H22F3N5O3/c17-16(18,19)14(23-9-7-20-8-10-23)11-22-15(25)5-6-21-12-3-1-2-4-13(12)24(26)27/h1-4,14,20-21H,5-11H2,(H,22,25). The zero-order valence-electron chi connectivity index (χ0n) is 14.6. The number of carbonyl (C=O) groups excluding carboxylic acids is 1. The van der Waals surface area contributed by atoms with Crippen LogP contribution in [0, 0.1) is 10.1 Å². The lowest BCUT2D eigenvalue weighted by Gasteiger charge is -2.35. The Morgan fingerprint density at radius 1 is 1.30 bits per heavy atom. The van der Waals surface area contributed by atoms with Gasteiger partial charge in [-0.05, 0) is 6.07 Å². The van der Waals surface area contributed by atoms with E-state index in [4.69, 9.17) is 0 Å². The van der Waals surface area contributed by atoms with Crippen LogP contribution < -0.4 is 16.0 Å². The van der Waals surface area contributed by atoms with Gasteiger partial charge in [0, 0.05) is 51.8 Å². The second-order valence-corrected chi connectivity index (χ2v) is 6.10. The summed E-state index contributed by atoms with van der Waals surface area (Å²) in [4.78, 5) is 23.6. The van der Waals surface area contributed by atoms with E-state index in [1.54, 1.807) is 6.07 Å². The summed E-state index contributed by atoms with van der Waals surface area (Å²) in [6.45, 7) is 1.02. The molecule has 1 unspecified atom stereocenters. The molecule has 0 aromatic heterocycles. The molecule has 1 saturated heterocycles. The molecule has 1 aliphatic rings. The normalized spacial score (nSPS) is 16.6. The Kier molecular flexibility index (Phi) is 7.36. The van der Waals surface area contributed by atoms with Gasteiger partial charge in [-0.1, -0.05) is 12.1 Å². The summed E-state index contributed by atoms with van der Waals surface area (Å²) in [6.07, 6.45) is -4.54. The minimum atomic E-state index is -4.44. The topological polar surface area (TPSA) is 99.5 Å². The molecule has 1 aromatic carbocycles. The minimum absolute atomic E-state index is 0.0704. The number of hydrogen-bond acceptors (Lipinski definition) is 6. The molecule has 27 heavy (non-hydrogen) atoms. The number of nitrogens with one attached hydrogen (secondary N) is 3. The molecule has 0 spiro atoms. The molecule has 1 atom stereocenters. The van der Waals surface area contributed by atoms with E-state index >= 15 is 0 Å². The predicted octanol–water partition coefficient (Wildman–Crippen LogP) is 1.35.